The largest absolute Gasteiger partial charge is 0.342 e. The van der Waals surface area contributed by atoms with E-state index in [9.17, 15) is 4.79 Å². The summed E-state index contributed by atoms with van der Waals surface area (Å²) in [5.74, 6) is 3.23. The maximum Gasteiger partial charge on any atom is 0.228 e. The third kappa shape index (κ3) is 2.19. The number of rotatable bonds is 1. The van der Waals surface area contributed by atoms with Gasteiger partial charge in [-0.25, -0.2) is 0 Å². The second kappa shape index (κ2) is 5.03. The SMILES string of the molecule is O=C(N1CCCCCCC1)C12CC3CC(CC(C3)C1)C2. The first-order valence-corrected chi connectivity index (χ1v) is 9.05. The van der Waals surface area contributed by atoms with Crippen LogP contribution in [-0.2, 0) is 4.79 Å². The quantitative estimate of drug-likeness (QED) is 0.708. The van der Waals surface area contributed by atoms with Crippen molar-refractivity contribution in [2.45, 2.75) is 70.6 Å². The van der Waals surface area contributed by atoms with E-state index in [1.165, 1.54) is 70.6 Å². The average Bonchev–Trinajstić information content (AvgIpc) is 2.36. The van der Waals surface area contributed by atoms with Gasteiger partial charge in [-0.15, -0.1) is 0 Å². The normalized spacial score (nSPS) is 44.2. The van der Waals surface area contributed by atoms with Crippen LogP contribution in [0.25, 0.3) is 0 Å². The smallest absolute Gasteiger partial charge is 0.228 e. The molecule has 20 heavy (non-hydrogen) atoms. The summed E-state index contributed by atoms with van der Waals surface area (Å²) >= 11 is 0. The number of nitrogens with zero attached hydrogens (tertiary/aromatic N) is 1. The molecule has 1 amide bonds. The number of amides is 1. The standard InChI is InChI=1S/C18H29NO/c20-17(19-6-4-2-1-3-5-7-19)18-11-14-8-15(12-18)10-16(9-14)13-18/h14-16H,1-13H2. The lowest BCUT2D eigenvalue weighted by molar-refractivity contribution is -0.158. The predicted molar refractivity (Wildman–Crippen MR) is 80.3 cm³/mol. The van der Waals surface area contributed by atoms with Crippen LogP contribution in [0.5, 0.6) is 0 Å². The van der Waals surface area contributed by atoms with Crippen molar-refractivity contribution in [1.29, 1.82) is 0 Å². The van der Waals surface area contributed by atoms with Gasteiger partial charge in [0.05, 0.1) is 5.41 Å². The predicted octanol–water partition coefficient (Wildman–Crippen LogP) is 4.00. The minimum Gasteiger partial charge on any atom is -0.342 e. The summed E-state index contributed by atoms with van der Waals surface area (Å²) in [5, 5.41) is 0. The fourth-order valence-corrected chi connectivity index (χ4v) is 6.16. The molecule has 0 aromatic heterocycles. The van der Waals surface area contributed by atoms with E-state index in [4.69, 9.17) is 0 Å². The zero-order valence-electron chi connectivity index (χ0n) is 12.8. The summed E-state index contributed by atoms with van der Waals surface area (Å²) in [5.41, 5.74) is 0.0912. The number of hydrogen-bond acceptors (Lipinski definition) is 1. The summed E-state index contributed by atoms with van der Waals surface area (Å²) in [6.07, 6.45) is 14.5. The molecular formula is C18H29NO. The third-order valence-electron chi connectivity index (χ3n) is 6.64. The Morgan fingerprint density at radius 3 is 1.70 bits per heavy atom. The highest BCUT2D eigenvalue weighted by Gasteiger charge is 2.55. The summed E-state index contributed by atoms with van der Waals surface area (Å²) < 4.78 is 0. The number of hydrogen-bond donors (Lipinski definition) is 0. The summed E-state index contributed by atoms with van der Waals surface area (Å²) in [7, 11) is 0. The molecule has 5 fully saturated rings. The van der Waals surface area contributed by atoms with E-state index in [1.54, 1.807) is 0 Å². The first-order chi connectivity index (χ1) is 9.75. The number of carbonyl (C=O) groups is 1. The molecule has 0 aromatic carbocycles. The molecule has 0 aromatic rings. The van der Waals surface area contributed by atoms with Gasteiger partial charge in [-0.2, -0.15) is 0 Å². The third-order valence-corrected chi connectivity index (χ3v) is 6.64. The Kier molecular flexibility index (Phi) is 3.31. The van der Waals surface area contributed by atoms with Crippen molar-refractivity contribution >= 4 is 5.91 Å². The van der Waals surface area contributed by atoms with Crippen molar-refractivity contribution in [3.05, 3.63) is 0 Å². The van der Waals surface area contributed by atoms with E-state index < -0.39 is 0 Å². The maximum absolute atomic E-state index is 13.2. The molecule has 0 N–H and O–H groups in total. The summed E-state index contributed by atoms with van der Waals surface area (Å²) in [4.78, 5) is 15.5. The summed E-state index contributed by atoms with van der Waals surface area (Å²) in [6, 6.07) is 0. The van der Waals surface area contributed by atoms with Gasteiger partial charge in [0.25, 0.3) is 0 Å². The fourth-order valence-electron chi connectivity index (χ4n) is 6.16. The van der Waals surface area contributed by atoms with Crippen LogP contribution in [-0.4, -0.2) is 23.9 Å². The monoisotopic (exact) mass is 275 g/mol. The minimum absolute atomic E-state index is 0.0912. The molecule has 0 atom stereocenters. The van der Waals surface area contributed by atoms with E-state index in [2.05, 4.69) is 4.90 Å². The zero-order chi connectivity index (χ0) is 13.6. The van der Waals surface area contributed by atoms with Gasteiger partial charge < -0.3 is 4.90 Å². The Morgan fingerprint density at radius 1 is 0.750 bits per heavy atom. The Balaban J connectivity index is 1.52. The van der Waals surface area contributed by atoms with Crippen molar-refractivity contribution < 1.29 is 4.79 Å². The summed E-state index contributed by atoms with van der Waals surface area (Å²) in [6.45, 7) is 2.08. The van der Waals surface area contributed by atoms with Crippen LogP contribution in [0.3, 0.4) is 0 Å². The lowest BCUT2D eigenvalue weighted by Crippen LogP contribution is -2.55. The molecule has 4 saturated carbocycles. The maximum atomic E-state index is 13.2. The van der Waals surface area contributed by atoms with Gasteiger partial charge in [-0.05, 0) is 69.1 Å². The Morgan fingerprint density at radius 2 is 1.20 bits per heavy atom. The highest BCUT2D eigenvalue weighted by molar-refractivity contribution is 5.83. The van der Waals surface area contributed by atoms with Gasteiger partial charge in [0, 0.05) is 13.1 Å². The molecule has 5 aliphatic rings. The van der Waals surface area contributed by atoms with Crippen LogP contribution in [0.2, 0.25) is 0 Å². The molecule has 4 bridgehead atoms. The van der Waals surface area contributed by atoms with E-state index in [0.717, 1.165) is 30.8 Å². The molecule has 112 valence electrons. The van der Waals surface area contributed by atoms with Gasteiger partial charge >= 0.3 is 0 Å². The minimum atomic E-state index is 0.0912. The van der Waals surface area contributed by atoms with Gasteiger partial charge in [-0.1, -0.05) is 19.3 Å². The highest BCUT2D eigenvalue weighted by Crippen LogP contribution is 2.60. The molecule has 1 aliphatic heterocycles. The van der Waals surface area contributed by atoms with Crippen molar-refractivity contribution in [2.75, 3.05) is 13.1 Å². The Bertz CT molecular complexity index is 346. The van der Waals surface area contributed by atoms with E-state index in [1.807, 2.05) is 0 Å². The van der Waals surface area contributed by atoms with E-state index >= 15 is 0 Å². The first kappa shape index (κ1) is 13.2. The van der Waals surface area contributed by atoms with Gasteiger partial charge in [0.2, 0.25) is 5.91 Å². The van der Waals surface area contributed by atoms with Crippen LogP contribution in [0.15, 0.2) is 0 Å². The zero-order valence-corrected chi connectivity index (χ0v) is 12.8. The number of likely N-dealkylation sites (tertiary alicyclic amines) is 1. The lowest BCUT2D eigenvalue weighted by Gasteiger charge is -2.56. The molecular weight excluding hydrogens is 246 g/mol. The number of carbonyl (C=O) groups excluding carboxylic acids is 1. The molecule has 1 saturated heterocycles. The molecule has 2 heteroatoms. The van der Waals surface area contributed by atoms with Gasteiger partial charge in [0.15, 0.2) is 0 Å². The highest BCUT2D eigenvalue weighted by atomic mass is 16.2. The molecule has 5 rings (SSSR count). The second-order valence-corrected chi connectivity index (χ2v) is 8.26. The lowest BCUT2D eigenvalue weighted by atomic mass is 9.49. The van der Waals surface area contributed by atoms with Crippen LogP contribution < -0.4 is 0 Å². The Labute approximate surface area is 123 Å². The van der Waals surface area contributed by atoms with Crippen molar-refractivity contribution in [2.24, 2.45) is 23.2 Å². The van der Waals surface area contributed by atoms with Gasteiger partial charge in [-0.3, -0.25) is 4.79 Å². The van der Waals surface area contributed by atoms with Crippen LogP contribution >= 0.6 is 0 Å². The van der Waals surface area contributed by atoms with Crippen LogP contribution in [0, 0.1) is 23.2 Å². The van der Waals surface area contributed by atoms with Crippen molar-refractivity contribution in [3.63, 3.8) is 0 Å². The molecule has 0 spiro atoms. The molecule has 1 heterocycles. The van der Waals surface area contributed by atoms with Crippen molar-refractivity contribution in [3.8, 4) is 0 Å². The average molecular weight is 275 g/mol. The van der Waals surface area contributed by atoms with Crippen molar-refractivity contribution in [1.82, 2.24) is 4.90 Å². The molecule has 2 nitrogen and oxygen atoms in total. The molecule has 4 aliphatic carbocycles. The first-order valence-electron chi connectivity index (χ1n) is 9.05. The Hall–Kier alpha value is -0.530. The molecule has 0 unspecified atom stereocenters. The van der Waals surface area contributed by atoms with Gasteiger partial charge in [0.1, 0.15) is 0 Å². The van der Waals surface area contributed by atoms with Crippen LogP contribution in [0.4, 0.5) is 0 Å². The van der Waals surface area contributed by atoms with E-state index in [0.29, 0.717) is 5.91 Å². The van der Waals surface area contributed by atoms with E-state index in [-0.39, 0.29) is 5.41 Å². The fraction of sp³-hybridized carbons (Fsp3) is 0.944. The molecule has 0 radical (unpaired) electrons. The second-order valence-electron chi connectivity index (χ2n) is 8.26. The topological polar surface area (TPSA) is 20.3 Å². The van der Waals surface area contributed by atoms with Crippen LogP contribution in [0.1, 0.15) is 70.6 Å².